The van der Waals surface area contributed by atoms with E-state index in [1.165, 1.54) is 0 Å². The summed E-state index contributed by atoms with van der Waals surface area (Å²) >= 11 is 9.75. The van der Waals surface area contributed by atoms with Gasteiger partial charge in [-0.3, -0.25) is 0 Å². The molecule has 5 heteroatoms. The minimum absolute atomic E-state index is 0.303. The maximum Gasteiger partial charge on any atom is 0.146 e. The summed E-state index contributed by atoms with van der Waals surface area (Å²) in [4.78, 5) is 0. The number of hydrogen-bond acceptors (Lipinski definition) is 3. The first-order valence-corrected chi connectivity index (χ1v) is 8.49. The van der Waals surface area contributed by atoms with Crippen LogP contribution in [-0.4, -0.2) is 25.6 Å². The minimum atomic E-state index is -0.752. The van der Waals surface area contributed by atoms with Crippen molar-refractivity contribution in [1.82, 2.24) is 0 Å². The fraction of sp³-hybridized carbons (Fsp3) is 0.333. The summed E-state index contributed by atoms with van der Waals surface area (Å²) in [5.41, 5.74) is 3.69. The van der Waals surface area contributed by atoms with E-state index in [1.807, 2.05) is 43.3 Å². The molecule has 0 saturated carbocycles. The quantitative estimate of drug-likeness (QED) is 0.544. The van der Waals surface area contributed by atoms with Crippen LogP contribution in [0.5, 0.6) is 0 Å². The molecule has 0 saturated heterocycles. The summed E-state index contributed by atoms with van der Waals surface area (Å²) in [6.45, 7) is 2.87. The summed E-state index contributed by atoms with van der Waals surface area (Å²) in [5, 5.41) is 11.1. The fourth-order valence-electron chi connectivity index (χ4n) is 2.25. The van der Waals surface area contributed by atoms with Crippen molar-refractivity contribution in [2.75, 3.05) is 20.5 Å². The van der Waals surface area contributed by atoms with Crippen molar-refractivity contribution < 1.29 is 14.6 Å². The smallest absolute Gasteiger partial charge is 0.146 e. The third-order valence-corrected chi connectivity index (χ3v) is 4.79. The molecule has 0 spiro atoms. The lowest BCUT2D eigenvalue weighted by atomic mass is 9.99. The molecule has 2 rings (SSSR count). The third-order valence-electron chi connectivity index (χ3n) is 3.60. The lowest BCUT2D eigenvalue weighted by Gasteiger charge is -2.15. The molecule has 0 aliphatic rings. The van der Waals surface area contributed by atoms with E-state index in [9.17, 15) is 5.11 Å². The van der Waals surface area contributed by atoms with Crippen molar-refractivity contribution in [3.8, 4) is 0 Å². The molecule has 1 N–H and O–H groups in total. The van der Waals surface area contributed by atoms with Gasteiger partial charge in [-0.15, -0.1) is 0 Å². The van der Waals surface area contributed by atoms with Crippen molar-refractivity contribution in [3.05, 3.63) is 68.1 Å². The van der Waals surface area contributed by atoms with E-state index >= 15 is 0 Å². The van der Waals surface area contributed by atoms with Crippen LogP contribution in [0.25, 0.3) is 0 Å². The Hall–Kier alpha value is -0.910. The van der Waals surface area contributed by atoms with Gasteiger partial charge in [-0.1, -0.05) is 51.8 Å². The second-order valence-electron chi connectivity index (χ2n) is 5.33. The molecule has 2 aromatic carbocycles. The summed E-state index contributed by atoms with van der Waals surface area (Å²) in [6.07, 6.45) is 0.0505. The van der Waals surface area contributed by atoms with Gasteiger partial charge in [0, 0.05) is 22.2 Å². The highest BCUT2D eigenvalue weighted by atomic mass is 79.9. The zero-order valence-electron chi connectivity index (χ0n) is 13.2. The lowest BCUT2D eigenvalue weighted by molar-refractivity contribution is -0.0291. The zero-order valence-corrected chi connectivity index (χ0v) is 15.5. The van der Waals surface area contributed by atoms with Crippen molar-refractivity contribution in [2.45, 2.75) is 19.4 Å². The predicted octanol–water partition coefficient (Wildman–Crippen LogP) is 4.66. The number of hydrogen-bond donors (Lipinski definition) is 1. The van der Waals surface area contributed by atoms with E-state index in [0.29, 0.717) is 24.0 Å². The Labute approximate surface area is 150 Å². The van der Waals surface area contributed by atoms with Crippen molar-refractivity contribution in [1.29, 1.82) is 0 Å². The van der Waals surface area contributed by atoms with Crippen molar-refractivity contribution >= 4 is 27.5 Å². The summed E-state index contributed by atoms with van der Waals surface area (Å²) in [7, 11) is 1.60. The molecule has 23 heavy (non-hydrogen) atoms. The number of methoxy groups -OCH3 is 1. The number of aliphatic hydroxyl groups is 1. The first-order valence-electron chi connectivity index (χ1n) is 7.32. The summed E-state index contributed by atoms with van der Waals surface area (Å²) in [5.74, 6) is 0. The Morgan fingerprint density at radius 3 is 2.57 bits per heavy atom. The first-order chi connectivity index (χ1) is 11.0. The Balaban J connectivity index is 2.08. The van der Waals surface area contributed by atoms with Crippen molar-refractivity contribution in [3.63, 3.8) is 0 Å². The number of rotatable bonds is 7. The van der Waals surface area contributed by atoms with Crippen LogP contribution in [0.15, 0.2) is 40.9 Å². The number of halogens is 2. The van der Waals surface area contributed by atoms with Crippen molar-refractivity contribution in [2.24, 2.45) is 0 Å². The molecule has 0 aromatic heterocycles. The molecular formula is C18H20BrClO3. The van der Waals surface area contributed by atoms with E-state index in [2.05, 4.69) is 15.9 Å². The lowest BCUT2D eigenvalue weighted by Crippen LogP contribution is -2.03. The molecule has 0 aliphatic heterocycles. The predicted molar refractivity (Wildman–Crippen MR) is 95.9 cm³/mol. The van der Waals surface area contributed by atoms with E-state index < -0.39 is 6.10 Å². The van der Waals surface area contributed by atoms with Gasteiger partial charge in [-0.2, -0.15) is 0 Å². The second kappa shape index (κ2) is 8.81. The van der Waals surface area contributed by atoms with Gasteiger partial charge in [0.2, 0.25) is 0 Å². The van der Waals surface area contributed by atoms with E-state index in [4.69, 9.17) is 21.1 Å². The molecule has 0 amide bonds. The molecule has 2 aromatic rings. The topological polar surface area (TPSA) is 38.7 Å². The maximum absolute atomic E-state index is 10.6. The van der Waals surface area contributed by atoms with E-state index in [0.717, 1.165) is 27.6 Å². The zero-order chi connectivity index (χ0) is 16.8. The first kappa shape index (κ1) is 18.4. The SMILES string of the molecule is COCOCCc1ccc(C(O)c2cc(Br)c(C)cc2Cl)cc1. The van der Waals surface area contributed by atoms with Gasteiger partial charge in [0.05, 0.1) is 6.61 Å². The van der Waals surface area contributed by atoms with Crippen LogP contribution in [-0.2, 0) is 15.9 Å². The van der Waals surface area contributed by atoms with Gasteiger partial charge >= 0.3 is 0 Å². The average Bonchev–Trinajstić information content (AvgIpc) is 2.55. The van der Waals surface area contributed by atoms with Crippen LogP contribution in [0.1, 0.15) is 28.4 Å². The summed E-state index contributed by atoms with van der Waals surface area (Å²) in [6, 6.07) is 11.5. The molecule has 0 heterocycles. The van der Waals surface area contributed by atoms with Gasteiger partial charge in [0.1, 0.15) is 12.9 Å². The average molecular weight is 400 g/mol. The number of aryl methyl sites for hydroxylation is 1. The van der Waals surface area contributed by atoms with Crippen LogP contribution in [0.4, 0.5) is 0 Å². The molecule has 0 radical (unpaired) electrons. The molecule has 0 fully saturated rings. The van der Waals surface area contributed by atoms with Crippen LogP contribution >= 0.6 is 27.5 Å². The Morgan fingerprint density at radius 2 is 1.91 bits per heavy atom. The normalized spacial score (nSPS) is 12.4. The highest BCUT2D eigenvalue weighted by Gasteiger charge is 2.15. The Morgan fingerprint density at radius 1 is 1.22 bits per heavy atom. The fourth-order valence-corrected chi connectivity index (χ4v) is 2.93. The van der Waals surface area contributed by atoms with Gasteiger partial charge in [0.15, 0.2) is 0 Å². The largest absolute Gasteiger partial charge is 0.384 e. The Kier molecular flexibility index (Phi) is 7.06. The molecular weight excluding hydrogens is 380 g/mol. The molecule has 124 valence electrons. The molecule has 0 bridgehead atoms. The Bertz CT molecular complexity index is 643. The molecule has 3 nitrogen and oxygen atoms in total. The van der Waals surface area contributed by atoms with Gasteiger partial charge < -0.3 is 14.6 Å². The third kappa shape index (κ3) is 5.03. The van der Waals surface area contributed by atoms with Gasteiger partial charge in [-0.25, -0.2) is 0 Å². The van der Waals surface area contributed by atoms with E-state index in [-0.39, 0.29) is 0 Å². The minimum Gasteiger partial charge on any atom is -0.384 e. The van der Waals surface area contributed by atoms with Crippen LogP contribution in [0.3, 0.4) is 0 Å². The maximum atomic E-state index is 10.6. The molecule has 0 aliphatic carbocycles. The highest BCUT2D eigenvalue weighted by Crippen LogP contribution is 2.32. The van der Waals surface area contributed by atoms with Crippen LogP contribution in [0, 0.1) is 6.92 Å². The number of ether oxygens (including phenoxy) is 2. The molecule has 1 atom stereocenters. The molecule has 1 unspecified atom stereocenters. The van der Waals surface area contributed by atoms with Crippen LogP contribution < -0.4 is 0 Å². The number of aliphatic hydroxyl groups excluding tert-OH is 1. The van der Waals surface area contributed by atoms with Gasteiger partial charge in [-0.05, 0) is 42.2 Å². The van der Waals surface area contributed by atoms with Gasteiger partial charge in [0.25, 0.3) is 0 Å². The monoisotopic (exact) mass is 398 g/mol. The summed E-state index contributed by atoms with van der Waals surface area (Å²) < 4.78 is 11.0. The van der Waals surface area contributed by atoms with Crippen LogP contribution in [0.2, 0.25) is 5.02 Å². The van der Waals surface area contributed by atoms with E-state index in [1.54, 1.807) is 7.11 Å². The highest BCUT2D eigenvalue weighted by molar-refractivity contribution is 9.10. The second-order valence-corrected chi connectivity index (χ2v) is 6.59. The standard InChI is InChI=1S/C18H20BrClO3/c1-12-9-17(20)15(10-16(12)19)18(21)14-5-3-13(4-6-14)7-8-23-11-22-2/h3-6,9-10,18,21H,7-8,11H2,1-2H3. The number of benzene rings is 2.